The maximum absolute atomic E-state index is 11.8. The van der Waals surface area contributed by atoms with Crippen LogP contribution < -0.4 is 5.32 Å². The summed E-state index contributed by atoms with van der Waals surface area (Å²) in [6.07, 6.45) is 0.814. The van der Waals surface area contributed by atoms with Crippen molar-refractivity contribution in [2.45, 2.75) is 9.79 Å². The van der Waals surface area contributed by atoms with E-state index >= 15 is 0 Å². The average molecular weight is 445 g/mol. The van der Waals surface area contributed by atoms with Gasteiger partial charge >= 0.3 is 11.9 Å². The number of methoxy groups -OCH3 is 2. The Kier molecular flexibility index (Phi) is 6.27. The zero-order valence-corrected chi connectivity index (χ0v) is 16.6. The third kappa shape index (κ3) is 5.29. The fourth-order valence-electron chi connectivity index (χ4n) is 2.34. The van der Waals surface area contributed by atoms with Gasteiger partial charge in [0.05, 0.1) is 25.2 Å². The Hall–Kier alpha value is -3.00. The van der Waals surface area contributed by atoms with Crippen LogP contribution in [0.5, 0.6) is 0 Å². The monoisotopic (exact) mass is 445 g/mol. The van der Waals surface area contributed by atoms with Crippen LogP contribution in [0.3, 0.4) is 0 Å². The van der Waals surface area contributed by atoms with Crippen LogP contribution in [0.25, 0.3) is 10.8 Å². The number of carbonyl (C=O) groups excluding carboxylic acids is 2. The van der Waals surface area contributed by atoms with Crippen LogP contribution in [0, 0.1) is 0 Å². The molecule has 0 spiro atoms. The van der Waals surface area contributed by atoms with Crippen molar-refractivity contribution < 1.29 is 45.0 Å². The molecule has 2 rings (SSSR count). The summed E-state index contributed by atoms with van der Waals surface area (Å²) >= 11 is 0. The number of anilines is 1. The first-order valence-electron chi connectivity index (χ1n) is 7.54. The van der Waals surface area contributed by atoms with Gasteiger partial charge in [-0.05, 0) is 29.7 Å². The highest BCUT2D eigenvalue weighted by atomic mass is 32.2. The third-order valence-corrected chi connectivity index (χ3v) is 5.34. The first kappa shape index (κ1) is 22.3. The molecule has 11 nitrogen and oxygen atoms in total. The molecule has 13 heteroatoms. The lowest BCUT2D eigenvalue weighted by Crippen LogP contribution is -2.15. The van der Waals surface area contributed by atoms with Crippen LogP contribution >= 0.6 is 0 Å². The zero-order valence-electron chi connectivity index (χ0n) is 14.9. The van der Waals surface area contributed by atoms with E-state index in [-0.39, 0.29) is 22.2 Å². The van der Waals surface area contributed by atoms with Crippen molar-refractivity contribution >= 4 is 48.6 Å². The summed E-state index contributed by atoms with van der Waals surface area (Å²) in [7, 11) is -7.45. The van der Waals surface area contributed by atoms with Gasteiger partial charge < -0.3 is 14.8 Å². The summed E-state index contributed by atoms with van der Waals surface area (Å²) in [6, 6.07) is 5.33. The van der Waals surface area contributed by atoms with E-state index in [4.69, 9.17) is 0 Å². The lowest BCUT2D eigenvalue weighted by molar-refractivity contribution is -0.138. The van der Waals surface area contributed by atoms with Crippen LogP contribution in [0.4, 0.5) is 5.69 Å². The summed E-state index contributed by atoms with van der Waals surface area (Å²) in [4.78, 5) is 21.7. The van der Waals surface area contributed by atoms with Crippen molar-refractivity contribution in [1.29, 1.82) is 0 Å². The van der Waals surface area contributed by atoms with Crippen LogP contribution in [-0.2, 0) is 39.3 Å². The zero-order chi connectivity index (χ0) is 22.0. The number of carbonyl (C=O) groups is 2. The minimum absolute atomic E-state index is 0.0139. The maximum atomic E-state index is 11.8. The minimum atomic E-state index is -4.83. The van der Waals surface area contributed by atoms with E-state index in [1.54, 1.807) is 0 Å². The molecule has 0 aliphatic rings. The molecule has 0 aliphatic carbocycles. The van der Waals surface area contributed by atoms with Crippen molar-refractivity contribution in [3.63, 3.8) is 0 Å². The highest BCUT2D eigenvalue weighted by molar-refractivity contribution is 7.86. The predicted molar refractivity (Wildman–Crippen MR) is 99.3 cm³/mol. The molecule has 29 heavy (non-hydrogen) atoms. The Balaban J connectivity index is 2.68. The van der Waals surface area contributed by atoms with Crippen molar-refractivity contribution in [1.82, 2.24) is 0 Å². The maximum Gasteiger partial charge on any atom is 0.354 e. The first-order chi connectivity index (χ1) is 13.4. The summed E-state index contributed by atoms with van der Waals surface area (Å²) in [5, 5.41) is 2.50. The van der Waals surface area contributed by atoms with E-state index in [0.717, 1.165) is 26.4 Å². The highest BCUT2D eigenvalue weighted by Crippen LogP contribution is 2.29. The molecule has 0 saturated heterocycles. The Labute approximate surface area is 165 Å². The molecule has 0 saturated carbocycles. The second kappa shape index (κ2) is 8.16. The van der Waals surface area contributed by atoms with E-state index in [2.05, 4.69) is 14.8 Å². The van der Waals surface area contributed by atoms with Gasteiger partial charge in [-0.25, -0.2) is 9.59 Å². The van der Waals surface area contributed by atoms with Gasteiger partial charge in [-0.2, -0.15) is 16.8 Å². The molecule has 0 heterocycles. The SMILES string of the molecule is COC(=O)/C=C(/Nc1ccc2c(S(=O)(=O)O)cc(S(=O)(=O)O)cc2c1)C(=O)OC. The van der Waals surface area contributed by atoms with E-state index in [1.807, 2.05) is 0 Å². The molecule has 0 bridgehead atoms. The topological polar surface area (TPSA) is 173 Å². The van der Waals surface area contributed by atoms with Gasteiger partial charge in [0.15, 0.2) is 0 Å². The van der Waals surface area contributed by atoms with Gasteiger partial charge in [0.25, 0.3) is 20.2 Å². The number of fused-ring (bicyclic) bond motifs is 1. The summed E-state index contributed by atoms with van der Waals surface area (Å²) < 4.78 is 73.7. The second-order valence-corrected chi connectivity index (χ2v) is 8.32. The van der Waals surface area contributed by atoms with Gasteiger partial charge in [0.1, 0.15) is 10.6 Å². The average Bonchev–Trinajstić information content (AvgIpc) is 2.63. The van der Waals surface area contributed by atoms with Crippen LogP contribution in [-0.4, -0.2) is 52.1 Å². The summed E-state index contributed by atoms with van der Waals surface area (Å²) in [5.74, 6) is -1.78. The smallest absolute Gasteiger partial charge is 0.354 e. The largest absolute Gasteiger partial charge is 0.466 e. The molecule has 0 aliphatic heterocycles. The van der Waals surface area contributed by atoms with Gasteiger partial charge in [0, 0.05) is 11.1 Å². The van der Waals surface area contributed by atoms with Gasteiger partial charge in [0.2, 0.25) is 0 Å². The van der Waals surface area contributed by atoms with Gasteiger partial charge in [-0.15, -0.1) is 0 Å². The number of rotatable bonds is 6. The molecule has 156 valence electrons. The second-order valence-electron chi connectivity index (χ2n) is 5.51. The number of benzene rings is 2. The third-order valence-electron chi connectivity index (χ3n) is 3.61. The van der Waals surface area contributed by atoms with E-state index in [1.165, 1.54) is 18.2 Å². The normalized spacial score (nSPS) is 12.5. The predicted octanol–water partition coefficient (Wildman–Crippen LogP) is 0.975. The Morgan fingerprint density at radius 3 is 2.14 bits per heavy atom. The molecular weight excluding hydrogens is 430 g/mol. The van der Waals surface area contributed by atoms with Crippen LogP contribution in [0.15, 0.2) is 51.9 Å². The molecule has 0 fully saturated rings. The van der Waals surface area contributed by atoms with E-state index in [9.17, 15) is 35.5 Å². The van der Waals surface area contributed by atoms with Crippen LogP contribution in [0.1, 0.15) is 0 Å². The van der Waals surface area contributed by atoms with E-state index < -0.39 is 42.0 Å². The highest BCUT2D eigenvalue weighted by Gasteiger charge is 2.21. The number of nitrogens with one attached hydrogen (secondary N) is 1. The lowest BCUT2D eigenvalue weighted by Gasteiger charge is -2.12. The minimum Gasteiger partial charge on any atom is -0.466 e. The molecular formula is C16H15NO10S2. The molecule has 3 N–H and O–H groups in total. The molecule has 2 aromatic rings. The molecule has 0 radical (unpaired) electrons. The lowest BCUT2D eigenvalue weighted by atomic mass is 10.1. The Morgan fingerprint density at radius 1 is 0.966 bits per heavy atom. The number of hydrogen-bond acceptors (Lipinski definition) is 9. The van der Waals surface area contributed by atoms with Gasteiger partial charge in [-0.3, -0.25) is 9.11 Å². The molecule has 0 atom stereocenters. The van der Waals surface area contributed by atoms with Gasteiger partial charge in [-0.1, -0.05) is 6.07 Å². The van der Waals surface area contributed by atoms with Crippen LogP contribution in [0.2, 0.25) is 0 Å². The molecule has 0 unspecified atom stereocenters. The molecule has 0 aromatic heterocycles. The number of esters is 2. The standard InChI is InChI=1S/C16H15NO10S2/c1-26-15(18)8-13(16(19)27-2)17-10-3-4-12-9(5-10)6-11(28(20,21)22)7-14(12)29(23,24)25/h3-8,17H,1-2H3,(H,20,21,22)(H,23,24,25)/b13-8+. The summed E-state index contributed by atoms with van der Waals surface area (Å²) in [5.41, 5.74) is -0.188. The van der Waals surface area contributed by atoms with Crippen molar-refractivity contribution in [3.05, 3.63) is 42.1 Å². The van der Waals surface area contributed by atoms with E-state index in [0.29, 0.717) is 6.07 Å². The van der Waals surface area contributed by atoms with Crippen molar-refractivity contribution in [3.8, 4) is 0 Å². The first-order valence-corrected chi connectivity index (χ1v) is 10.4. The number of ether oxygens (including phenoxy) is 2. The Morgan fingerprint density at radius 2 is 1.62 bits per heavy atom. The van der Waals surface area contributed by atoms with Crippen molar-refractivity contribution in [2.24, 2.45) is 0 Å². The quantitative estimate of drug-likeness (QED) is 0.328. The summed E-state index contributed by atoms with van der Waals surface area (Å²) in [6.45, 7) is 0. The Bertz CT molecular complexity index is 1230. The fourth-order valence-corrected chi connectivity index (χ4v) is 3.69. The fraction of sp³-hybridized carbons (Fsp3) is 0.125. The van der Waals surface area contributed by atoms with Crippen molar-refractivity contribution in [2.75, 3.05) is 19.5 Å². The molecule has 0 amide bonds. The number of hydrogen-bond donors (Lipinski definition) is 3. The molecule has 2 aromatic carbocycles.